The van der Waals surface area contributed by atoms with Gasteiger partial charge in [-0.1, -0.05) is 23.9 Å². The molecular weight excluding hydrogens is 220 g/mol. The van der Waals surface area contributed by atoms with Crippen LogP contribution in [0.1, 0.15) is 11.1 Å². The van der Waals surface area contributed by atoms with Crippen molar-refractivity contribution in [3.05, 3.63) is 29.3 Å². The average Bonchev–Trinajstić information content (AvgIpc) is 2.55. The summed E-state index contributed by atoms with van der Waals surface area (Å²) in [7, 11) is 1.77. The van der Waals surface area contributed by atoms with E-state index in [1.165, 1.54) is 17.3 Å². The molecular formula is C12H14N2OS. The maximum absolute atomic E-state index is 11.4. The lowest BCUT2D eigenvalue weighted by molar-refractivity contribution is -0.123. The fourth-order valence-corrected chi connectivity index (χ4v) is 2.38. The molecule has 0 N–H and O–H groups in total. The normalized spacial score (nSPS) is 18.6. The van der Waals surface area contributed by atoms with Crippen LogP contribution in [0.2, 0.25) is 0 Å². The van der Waals surface area contributed by atoms with Crippen molar-refractivity contribution in [3.8, 4) is 0 Å². The SMILES string of the molecule is Cc1ccc(C)c(N=C2SCC(=O)N2C)c1. The van der Waals surface area contributed by atoms with Gasteiger partial charge in [0.25, 0.3) is 0 Å². The predicted molar refractivity (Wildman–Crippen MR) is 68.2 cm³/mol. The summed E-state index contributed by atoms with van der Waals surface area (Å²) in [5.74, 6) is 0.620. The summed E-state index contributed by atoms with van der Waals surface area (Å²) in [5.41, 5.74) is 3.26. The van der Waals surface area contributed by atoms with Gasteiger partial charge in [-0.15, -0.1) is 0 Å². The van der Waals surface area contributed by atoms with Crippen LogP contribution < -0.4 is 0 Å². The van der Waals surface area contributed by atoms with Crippen molar-refractivity contribution in [2.45, 2.75) is 13.8 Å². The number of rotatable bonds is 1. The van der Waals surface area contributed by atoms with Gasteiger partial charge in [0.2, 0.25) is 5.91 Å². The van der Waals surface area contributed by atoms with Crippen molar-refractivity contribution in [2.24, 2.45) is 4.99 Å². The summed E-state index contributed by atoms with van der Waals surface area (Å²) < 4.78 is 0. The largest absolute Gasteiger partial charge is 0.294 e. The van der Waals surface area contributed by atoms with Gasteiger partial charge >= 0.3 is 0 Å². The van der Waals surface area contributed by atoms with Gasteiger partial charge in [-0.2, -0.15) is 0 Å². The highest BCUT2D eigenvalue weighted by molar-refractivity contribution is 8.15. The van der Waals surface area contributed by atoms with Crippen molar-refractivity contribution < 1.29 is 4.79 Å². The minimum absolute atomic E-state index is 0.119. The summed E-state index contributed by atoms with van der Waals surface area (Å²) in [6.45, 7) is 4.07. The molecule has 1 aromatic carbocycles. The number of hydrogen-bond donors (Lipinski definition) is 0. The number of carbonyl (C=O) groups excluding carboxylic acids is 1. The second kappa shape index (κ2) is 4.29. The second-order valence-electron chi connectivity index (χ2n) is 3.93. The van der Waals surface area contributed by atoms with Crippen LogP contribution in [0, 0.1) is 13.8 Å². The van der Waals surface area contributed by atoms with E-state index in [-0.39, 0.29) is 5.91 Å². The highest BCUT2D eigenvalue weighted by Gasteiger charge is 2.24. The first-order valence-corrected chi connectivity index (χ1v) is 6.12. The topological polar surface area (TPSA) is 32.7 Å². The molecule has 0 atom stereocenters. The first-order chi connectivity index (χ1) is 7.58. The molecule has 0 bridgehead atoms. The van der Waals surface area contributed by atoms with Crippen LogP contribution in [-0.2, 0) is 4.79 Å². The first-order valence-electron chi connectivity index (χ1n) is 5.13. The van der Waals surface area contributed by atoms with E-state index in [0.29, 0.717) is 5.75 Å². The fraction of sp³-hybridized carbons (Fsp3) is 0.333. The molecule has 1 amide bonds. The van der Waals surface area contributed by atoms with Gasteiger partial charge in [0.15, 0.2) is 5.17 Å². The molecule has 1 aliphatic heterocycles. The molecule has 16 heavy (non-hydrogen) atoms. The number of amidine groups is 1. The van der Waals surface area contributed by atoms with E-state index in [2.05, 4.69) is 17.1 Å². The Bertz CT molecular complexity index is 468. The third-order valence-corrected chi connectivity index (χ3v) is 3.58. The number of carbonyl (C=O) groups is 1. The van der Waals surface area contributed by atoms with Crippen LogP contribution in [0.5, 0.6) is 0 Å². The van der Waals surface area contributed by atoms with Gasteiger partial charge < -0.3 is 0 Å². The molecule has 1 saturated heterocycles. The molecule has 0 radical (unpaired) electrons. The lowest BCUT2D eigenvalue weighted by Crippen LogP contribution is -2.24. The summed E-state index contributed by atoms with van der Waals surface area (Å²) in [5, 5.41) is 0.790. The Kier molecular flexibility index (Phi) is 3.01. The maximum Gasteiger partial charge on any atom is 0.238 e. The van der Waals surface area contributed by atoms with Crippen LogP contribution in [0.3, 0.4) is 0 Å². The van der Waals surface area contributed by atoms with E-state index in [4.69, 9.17) is 0 Å². The number of aryl methyl sites for hydroxylation is 2. The zero-order valence-corrected chi connectivity index (χ0v) is 10.5. The van der Waals surface area contributed by atoms with Crippen molar-refractivity contribution in [3.63, 3.8) is 0 Å². The fourth-order valence-electron chi connectivity index (χ4n) is 1.48. The van der Waals surface area contributed by atoms with E-state index in [0.717, 1.165) is 16.4 Å². The zero-order chi connectivity index (χ0) is 11.7. The highest BCUT2D eigenvalue weighted by Crippen LogP contribution is 2.25. The average molecular weight is 234 g/mol. The molecule has 0 spiro atoms. The molecule has 4 heteroatoms. The van der Waals surface area contributed by atoms with Gasteiger partial charge in [0.05, 0.1) is 11.4 Å². The smallest absolute Gasteiger partial charge is 0.238 e. The number of aliphatic imine (C=N–C) groups is 1. The highest BCUT2D eigenvalue weighted by atomic mass is 32.2. The molecule has 1 aliphatic rings. The Hall–Kier alpha value is -1.29. The maximum atomic E-state index is 11.4. The van der Waals surface area contributed by atoms with E-state index >= 15 is 0 Å². The second-order valence-corrected chi connectivity index (χ2v) is 4.87. The Morgan fingerprint density at radius 2 is 2.12 bits per heavy atom. The third kappa shape index (κ3) is 2.11. The number of benzene rings is 1. The molecule has 1 heterocycles. The van der Waals surface area contributed by atoms with Gasteiger partial charge in [0, 0.05) is 7.05 Å². The van der Waals surface area contributed by atoms with Crippen LogP contribution in [0.25, 0.3) is 0 Å². The molecule has 1 aromatic rings. The summed E-state index contributed by atoms with van der Waals surface area (Å²) in [4.78, 5) is 17.5. The molecule has 0 unspecified atom stereocenters. The number of hydrogen-bond acceptors (Lipinski definition) is 3. The van der Waals surface area contributed by atoms with Gasteiger partial charge in [-0.05, 0) is 31.0 Å². The number of thioether (sulfide) groups is 1. The molecule has 0 saturated carbocycles. The van der Waals surface area contributed by atoms with E-state index in [1.54, 1.807) is 11.9 Å². The van der Waals surface area contributed by atoms with Crippen LogP contribution in [0.15, 0.2) is 23.2 Å². The van der Waals surface area contributed by atoms with Crippen molar-refractivity contribution in [1.82, 2.24) is 4.90 Å². The zero-order valence-electron chi connectivity index (χ0n) is 9.65. The lowest BCUT2D eigenvalue weighted by Gasteiger charge is -2.09. The standard InChI is InChI=1S/C12H14N2OS/c1-8-4-5-9(2)10(6-8)13-12-14(3)11(15)7-16-12/h4-6H,7H2,1-3H3. The van der Waals surface area contributed by atoms with E-state index in [9.17, 15) is 4.79 Å². The van der Waals surface area contributed by atoms with Crippen LogP contribution >= 0.6 is 11.8 Å². The van der Waals surface area contributed by atoms with Gasteiger partial charge in [-0.3, -0.25) is 9.69 Å². The van der Waals surface area contributed by atoms with Crippen molar-refractivity contribution in [2.75, 3.05) is 12.8 Å². The van der Waals surface area contributed by atoms with Crippen LogP contribution in [0.4, 0.5) is 5.69 Å². The molecule has 1 fully saturated rings. The summed E-state index contributed by atoms with van der Waals surface area (Å²) in [6.07, 6.45) is 0. The number of amides is 1. The lowest BCUT2D eigenvalue weighted by atomic mass is 10.1. The molecule has 84 valence electrons. The Balaban J connectivity index is 2.36. The quantitative estimate of drug-likeness (QED) is 0.748. The third-order valence-electron chi connectivity index (χ3n) is 2.57. The van der Waals surface area contributed by atoms with Crippen molar-refractivity contribution >= 4 is 28.5 Å². The predicted octanol–water partition coefficient (Wildman–Crippen LogP) is 2.50. The van der Waals surface area contributed by atoms with Gasteiger partial charge in [0.1, 0.15) is 0 Å². The Labute approximate surface area is 99.6 Å². The molecule has 0 aliphatic carbocycles. The van der Waals surface area contributed by atoms with Gasteiger partial charge in [-0.25, -0.2) is 4.99 Å². The minimum Gasteiger partial charge on any atom is -0.294 e. The van der Waals surface area contributed by atoms with E-state index in [1.807, 2.05) is 19.9 Å². The first kappa shape index (κ1) is 11.2. The minimum atomic E-state index is 0.119. The van der Waals surface area contributed by atoms with E-state index < -0.39 is 0 Å². The number of nitrogens with zero attached hydrogens (tertiary/aromatic N) is 2. The summed E-state index contributed by atoms with van der Waals surface area (Å²) in [6, 6.07) is 6.16. The van der Waals surface area contributed by atoms with Crippen molar-refractivity contribution in [1.29, 1.82) is 0 Å². The molecule has 3 nitrogen and oxygen atoms in total. The molecule has 0 aromatic heterocycles. The Morgan fingerprint density at radius 1 is 1.38 bits per heavy atom. The monoisotopic (exact) mass is 234 g/mol. The Morgan fingerprint density at radius 3 is 2.75 bits per heavy atom. The van der Waals surface area contributed by atoms with Crippen LogP contribution in [-0.4, -0.2) is 28.8 Å². The molecule has 2 rings (SSSR count). The summed E-state index contributed by atoms with van der Waals surface area (Å²) >= 11 is 1.49.